The average Bonchev–Trinajstić information content (AvgIpc) is 2.95. The maximum Gasteiger partial charge on any atom is 0.228 e. The molecule has 0 unspecified atom stereocenters. The van der Waals surface area contributed by atoms with Gasteiger partial charge in [0.1, 0.15) is 0 Å². The third-order valence-corrected chi connectivity index (χ3v) is 5.47. The standard InChI is InChI=1S/C21H23ClN2O2/c1-21(2)13-24(8-9-26-21)12-15-4-3-5-17(20(15)22)14-6-7-18-16(10-14)11-19(25)23-18/h3-7,10H,8-9,11-13H2,1-2H3,(H,23,25). The van der Waals surface area contributed by atoms with Gasteiger partial charge in [0.2, 0.25) is 5.91 Å². The molecule has 2 aromatic rings. The minimum absolute atomic E-state index is 0.0481. The molecule has 26 heavy (non-hydrogen) atoms. The van der Waals surface area contributed by atoms with Crippen LogP contribution in [-0.4, -0.2) is 36.1 Å². The highest BCUT2D eigenvalue weighted by Crippen LogP contribution is 2.35. The van der Waals surface area contributed by atoms with Crippen LogP contribution in [-0.2, 0) is 22.5 Å². The van der Waals surface area contributed by atoms with E-state index in [9.17, 15) is 4.79 Å². The summed E-state index contributed by atoms with van der Waals surface area (Å²) in [4.78, 5) is 14.0. The van der Waals surface area contributed by atoms with Gasteiger partial charge < -0.3 is 10.1 Å². The van der Waals surface area contributed by atoms with E-state index in [4.69, 9.17) is 16.3 Å². The molecule has 2 aliphatic heterocycles. The molecule has 0 saturated carbocycles. The molecule has 5 heteroatoms. The summed E-state index contributed by atoms with van der Waals surface area (Å²) in [6.07, 6.45) is 0.434. The normalized spacial score (nSPS) is 19.3. The van der Waals surface area contributed by atoms with Gasteiger partial charge in [-0.25, -0.2) is 0 Å². The predicted molar refractivity (Wildman–Crippen MR) is 105 cm³/mol. The van der Waals surface area contributed by atoms with Gasteiger partial charge in [0.05, 0.1) is 23.7 Å². The van der Waals surface area contributed by atoms with Crippen LogP contribution in [0.15, 0.2) is 36.4 Å². The summed E-state index contributed by atoms with van der Waals surface area (Å²) in [5.41, 5.74) is 5.00. The summed E-state index contributed by atoms with van der Waals surface area (Å²) in [5, 5.41) is 3.66. The Morgan fingerprint density at radius 3 is 2.92 bits per heavy atom. The minimum atomic E-state index is -0.123. The van der Waals surface area contributed by atoms with Crippen molar-refractivity contribution in [3.8, 4) is 11.1 Å². The molecule has 1 saturated heterocycles. The maximum atomic E-state index is 11.6. The van der Waals surface area contributed by atoms with Crippen molar-refractivity contribution in [3.05, 3.63) is 52.5 Å². The van der Waals surface area contributed by atoms with E-state index in [1.165, 1.54) is 0 Å². The Kier molecular flexibility index (Phi) is 4.51. The second-order valence-corrected chi connectivity index (χ2v) is 8.07. The largest absolute Gasteiger partial charge is 0.373 e. The zero-order valence-electron chi connectivity index (χ0n) is 15.1. The van der Waals surface area contributed by atoms with Crippen LogP contribution in [0.3, 0.4) is 0 Å². The number of nitrogens with zero attached hydrogens (tertiary/aromatic N) is 1. The fourth-order valence-corrected chi connectivity index (χ4v) is 4.11. The molecule has 1 fully saturated rings. The van der Waals surface area contributed by atoms with E-state index in [1.54, 1.807) is 0 Å². The molecule has 2 heterocycles. The Morgan fingerprint density at radius 1 is 1.27 bits per heavy atom. The molecule has 1 amide bonds. The zero-order chi connectivity index (χ0) is 18.3. The second-order valence-electron chi connectivity index (χ2n) is 7.69. The smallest absolute Gasteiger partial charge is 0.228 e. The number of carbonyl (C=O) groups is 1. The Morgan fingerprint density at radius 2 is 2.12 bits per heavy atom. The number of morpholine rings is 1. The first-order valence-corrected chi connectivity index (χ1v) is 9.36. The van der Waals surface area contributed by atoms with E-state index in [0.717, 1.165) is 59.2 Å². The lowest BCUT2D eigenvalue weighted by Crippen LogP contribution is -2.47. The van der Waals surface area contributed by atoms with E-state index >= 15 is 0 Å². The van der Waals surface area contributed by atoms with Gasteiger partial charge in [-0.05, 0) is 42.7 Å². The average molecular weight is 371 g/mol. The summed E-state index contributed by atoms with van der Waals surface area (Å²) in [7, 11) is 0. The number of anilines is 1. The Balaban J connectivity index is 1.60. The lowest BCUT2D eigenvalue weighted by molar-refractivity contribution is -0.115. The molecule has 0 radical (unpaired) electrons. The van der Waals surface area contributed by atoms with E-state index < -0.39 is 0 Å². The number of fused-ring (bicyclic) bond motifs is 1. The van der Waals surface area contributed by atoms with Crippen LogP contribution in [0, 0.1) is 0 Å². The van der Waals surface area contributed by atoms with Gasteiger partial charge in [-0.2, -0.15) is 0 Å². The van der Waals surface area contributed by atoms with Crippen molar-refractivity contribution >= 4 is 23.2 Å². The van der Waals surface area contributed by atoms with E-state index in [2.05, 4.69) is 42.3 Å². The number of halogens is 1. The number of carbonyl (C=O) groups excluding carboxylic acids is 1. The number of nitrogens with one attached hydrogen (secondary N) is 1. The van der Waals surface area contributed by atoms with E-state index in [-0.39, 0.29) is 11.5 Å². The van der Waals surface area contributed by atoms with Crippen LogP contribution in [0.1, 0.15) is 25.0 Å². The fraction of sp³-hybridized carbons (Fsp3) is 0.381. The summed E-state index contributed by atoms with van der Waals surface area (Å²) < 4.78 is 5.80. The van der Waals surface area contributed by atoms with Crippen molar-refractivity contribution in [3.63, 3.8) is 0 Å². The van der Waals surface area contributed by atoms with Gasteiger partial charge in [0.25, 0.3) is 0 Å². The first kappa shape index (κ1) is 17.5. The van der Waals surface area contributed by atoms with Gasteiger partial charge in [-0.15, -0.1) is 0 Å². The van der Waals surface area contributed by atoms with Crippen LogP contribution in [0.4, 0.5) is 5.69 Å². The molecule has 2 aromatic carbocycles. The summed E-state index contributed by atoms with van der Waals surface area (Å²) >= 11 is 6.77. The monoisotopic (exact) mass is 370 g/mol. The Bertz CT molecular complexity index is 863. The minimum Gasteiger partial charge on any atom is -0.373 e. The highest BCUT2D eigenvalue weighted by atomic mass is 35.5. The maximum absolute atomic E-state index is 11.6. The summed E-state index contributed by atoms with van der Waals surface area (Å²) in [5.74, 6) is 0.0481. The molecule has 0 atom stereocenters. The topological polar surface area (TPSA) is 41.6 Å². The molecular formula is C21H23ClN2O2. The Hall–Kier alpha value is -1.88. The molecule has 136 valence electrons. The molecular weight excluding hydrogens is 348 g/mol. The van der Waals surface area contributed by atoms with Crippen LogP contribution < -0.4 is 5.32 Å². The van der Waals surface area contributed by atoms with Crippen LogP contribution in [0.25, 0.3) is 11.1 Å². The number of ether oxygens (including phenoxy) is 1. The predicted octanol–water partition coefficient (Wildman–Crippen LogP) is 4.11. The third kappa shape index (κ3) is 3.50. The first-order chi connectivity index (χ1) is 12.4. The van der Waals surface area contributed by atoms with Gasteiger partial charge >= 0.3 is 0 Å². The van der Waals surface area contributed by atoms with Crippen molar-refractivity contribution in [2.24, 2.45) is 0 Å². The number of rotatable bonds is 3. The van der Waals surface area contributed by atoms with Gasteiger partial charge in [0, 0.05) is 30.9 Å². The van der Waals surface area contributed by atoms with Gasteiger partial charge in [-0.1, -0.05) is 35.9 Å². The van der Waals surface area contributed by atoms with Crippen LogP contribution in [0.5, 0.6) is 0 Å². The van der Waals surface area contributed by atoms with Crippen molar-refractivity contribution in [1.82, 2.24) is 4.90 Å². The third-order valence-electron chi connectivity index (χ3n) is 5.02. The molecule has 0 spiro atoms. The highest BCUT2D eigenvalue weighted by molar-refractivity contribution is 6.34. The lowest BCUT2D eigenvalue weighted by atomic mass is 9.99. The number of hydrogen-bond acceptors (Lipinski definition) is 3. The van der Waals surface area contributed by atoms with E-state index in [0.29, 0.717) is 6.42 Å². The van der Waals surface area contributed by atoms with Crippen molar-refractivity contribution < 1.29 is 9.53 Å². The van der Waals surface area contributed by atoms with Crippen LogP contribution >= 0.6 is 11.6 Å². The molecule has 1 N–H and O–H groups in total. The highest BCUT2D eigenvalue weighted by Gasteiger charge is 2.27. The van der Waals surface area contributed by atoms with Crippen molar-refractivity contribution in [1.29, 1.82) is 0 Å². The van der Waals surface area contributed by atoms with Gasteiger partial charge in [-0.3, -0.25) is 9.69 Å². The molecule has 0 bridgehead atoms. The fourth-order valence-electron chi connectivity index (χ4n) is 3.81. The van der Waals surface area contributed by atoms with E-state index in [1.807, 2.05) is 18.2 Å². The molecule has 0 aliphatic carbocycles. The second kappa shape index (κ2) is 6.69. The van der Waals surface area contributed by atoms with Crippen molar-refractivity contribution in [2.45, 2.75) is 32.4 Å². The zero-order valence-corrected chi connectivity index (χ0v) is 15.9. The molecule has 2 aliphatic rings. The summed E-state index contributed by atoms with van der Waals surface area (Å²) in [6, 6.07) is 12.2. The Labute approximate surface area is 159 Å². The molecule has 4 nitrogen and oxygen atoms in total. The van der Waals surface area contributed by atoms with Crippen molar-refractivity contribution in [2.75, 3.05) is 25.0 Å². The molecule has 0 aromatic heterocycles. The SMILES string of the molecule is CC1(C)CN(Cc2cccc(-c3ccc4c(c3)CC(=O)N4)c2Cl)CCO1. The first-order valence-electron chi connectivity index (χ1n) is 8.98. The molecule has 4 rings (SSSR count). The number of hydrogen-bond donors (Lipinski definition) is 1. The van der Waals surface area contributed by atoms with Gasteiger partial charge in [0.15, 0.2) is 0 Å². The lowest BCUT2D eigenvalue weighted by Gasteiger charge is -2.38. The van der Waals surface area contributed by atoms with Crippen LogP contribution in [0.2, 0.25) is 5.02 Å². The quantitative estimate of drug-likeness (QED) is 0.883. The number of benzene rings is 2. The summed E-state index contributed by atoms with van der Waals surface area (Å²) in [6.45, 7) is 7.60. The number of amides is 1.